The van der Waals surface area contributed by atoms with Crippen LogP contribution in [0.4, 0.5) is 0 Å². The molecule has 1 saturated carbocycles. The summed E-state index contributed by atoms with van der Waals surface area (Å²) in [4.78, 5) is 0. The number of hydrogen-bond acceptors (Lipinski definition) is 4. The second-order valence-electron chi connectivity index (χ2n) is 6.43. The minimum Gasteiger partial charge on any atom is -0.347 e. The standard InChI is InChI=1S/C17H25NO4S/c19-23(20,12-9-15-7-3-1-4-8-15)18-13-16-14-21-17(22-16)10-5-2-6-11-17/h1,3-4,7-8,16,18H,2,5-6,9-14H2/t16-/m1/s1. The van der Waals surface area contributed by atoms with Crippen LogP contribution in [0, 0.1) is 0 Å². The molecule has 1 aromatic carbocycles. The van der Waals surface area contributed by atoms with E-state index in [9.17, 15) is 8.42 Å². The number of nitrogens with one attached hydrogen (secondary N) is 1. The van der Waals surface area contributed by atoms with Gasteiger partial charge in [-0.25, -0.2) is 13.1 Å². The van der Waals surface area contributed by atoms with Crippen LogP contribution >= 0.6 is 0 Å². The quantitative estimate of drug-likeness (QED) is 0.863. The highest BCUT2D eigenvalue weighted by Gasteiger charge is 2.42. The predicted molar refractivity (Wildman–Crippen MR) is 88.6 cm³/mol. The second-order valence-corrected chi connectivity index (χ2v) is 8.35. The number of hydrogen-bond donors (Lipinski definition) is 1. The van der Waals surface area contributed by atoms with E-state index in [2.05, 4.69) is 4.72 Å². The van der Waals surface area contributed by atoms with Crippen LogP contribution in [-0.4, -0.2) is 39.2 Å². The monoisotopic (exact) mass is 339 g/mol. The van der Waals surface area contributed by atoms with Crippen molar-refractivity contribution in [1.29, 1.82) is 0 Å². The highest BCUT2D eigenvalue weighted by Crippen LogP contribution is 2.37. The normalized spacial score (nSPS) is 24.1. The van der Waals surface area contributed by atoms with Gasteiger partial charge in [-0.1, -0.05) is 36.8 Å². The van der Waals surface area contributed by atoms with Gasteiger partial charge >= 0.3 is 0 Å². The smallest absolute Gasteiger partial charge is 0.212 e. The van der Waals surface area contributed by atoms with Crippen molar-refractivity contribution in [3.63, 3.8) is 0 Å². The maximum absolute atomic E-state index is 12.1. The van der Waals surface area contributed by atoms with E-state index in [1.54, 1.807) is 0 Å². The average molecular weight is 339 g/mol. The van der Waals surface area contributed by atoms with E-state index in [0.29, 0.717) is 19.6 Å². The third-order valence-electron chi connectivity index (χ3n) is 4.56. The molecule has 3 rings (SSSR count). The van der Waals surface area contributed by atoms with Gasteiger partial charge in [-0.2, -0.15) is 0 Å². The highest BCUT2D eigenvalue weighted by atomic mass is 32.2. The summed E-state index contributed by atoms with van der Waals surface area (Å²) in [5, 5.41) is 0. The van der Waals surface area contributed by atoms with Crippen molar-refractivity contribution in [1.82, 2.24) is 4.72 Å². The summed E-state index contributed by atoms with van der Waals surface area (Å²) in [7, 11) is -3.30. The fourth-order valence-electron chi connectivity index (χ4n) is 3.26. The van der Waals surface area contributed by atoms with Crippen LogP contribution in [0.3, 0.4) is 0 Å². The molecule has 0 amide bonds. The molecular weight excluding hydrogens is 314 g/mol. The van der Waals surface area contributed by atoms with Gasteiger partial charge in [0.25, 0.3) is 0 Å². The minimum absolute atomic E-state index is 0.0930. The molecule has 128 valence electrons. The summed E-state index contributed by atoms with van der Waals surface area (Å²) < 4.78 is 38.7. The Labute approximate surface area is 138 Å². The molecule has 0 radical (unpaired) electrons. The summed E-state index contributed by atoms with van der Waals surface area (Å²) in [6.45, 7) is 0.764. The molecular formula is C17H25NO4S. The zero-order valence-corrected chi connectivity index (χ0v) is 14.2. The van der Waals surface area contributed by atoms with Crippen LogP contribution in [0.15, 0.2) is 30.3 Å². The summed E-state index contributed by atoms with van der Waals surface area (Å²) in [6.07, 6.45) is 5.65. The third kappa shape index (κ3) is 4.76. The van der Waals surface area contributed by atoms with Crippen LogP contribution < -0.4 is 4.72 Å². The average Bonchev–Trinajstić information content (AvgIpc) is 2.96. The van der Waals surface area contributed by atoms with Gasteiger partial charge in [0.15, 0.2) is 5.79 Å². The summed E-state index contributed by atoms with van der Waals surface area (Å²) in [5.74, 6) is -0.353. The summed E-state index contributed by atoms with van der Waals surface area (Å²) >= 11 is 0. The number of aryl methyl sites for hydroxylation is 1. The molecule has 1 heterocycles. The van der Waals surface area contributed by atoms with Crippen molar-refractivity contribution in [2.24, 2.45) is 0 Å². The van der Waals surface area contributed by atoms with Crippen molar-refractivity contribution in [2.45, 2.75) is 50.4 Å². The van der Waals surface area contributed by atoms with Crippen LogP contribution in [-0.2, 0) is 25.9 Å². The molecule has 1 atom stereocenters. The molecule has 1 spiro atoms. The van der Waals surface area contributed by atoms with Gasteiger partial charge in [-0.05, 0) is 24.8 Å². The number of sulfonamides is 1. The van der Waals surface area contributed by atoms with Crippen molar-refractivity contribution < 1.29 is 17.9 Å². The largest absolute Gasteiger partial charge is 0.347 e. The van der Waals surface area contributed by atoms with E-state index in [0.717, 1.165) is 31.2 Å². The zero-order valence-electron chi connectivity index (χ0n) is 13.4. The van der Waals surface area contributed by atoms with E-state index >= 15 is 0 Å². The van der Waals surface area contributed by atoms with Crippen LogP contribution in [0.2, 0.25) is 0 Å². The van der Waals surface area contributed by atoms with Crippen molar-refractivity contribution in [3.05, 3.63) is 35.9 Å². The fraction of sp³-hybridized carbons (Fsp3) is 0.647. The van der Waals surface area contributed by atoms with Gasteiger partial charge in [-0.3, -0.25) is 0 Å². The van der Waals surface area contributed by atoms with Crippen molar-refractivity contribution >= 4 is 10.0 Å². The van der Waals surface area contributed by atoms with E-state index in [1.165, 1.54) is 6.42 Å². The first-order valence-corrected chi connectivity index (χ1v) is 10.1. The van der Waals surface area contributed by atoms with Crippen LogP contribution in [0.5, 0.6) is 0 Å². The topological polar surface area (TPSA) is 64.6 Å². The summed E-state index contributed by atoms with van der Waals surface area (Å²) in [5.41, 5.74) is 1.03. The molecule has 0 aromatic heterocycles. The van der Waals surface area contributed by atoms with Gasteiger partial charge in [0.2, 0.25) is 10.0 Å². The Morgan fingerprint density at radius 2 is 1.87 bits per heavy atom. The highest BCUT2D eigenvalue weighted by molar-refractivity contribution is 7.89. The minimum atomic E-state index is -3.30. The first-order chi connectivity index (χ1) is 11.1. The Kier molecular flexibility index (Phi) is 5.36. The van der Waals surface area contributed by atoms with Crippen molar-refractivity contribution in [2.75, 3.05) is 18.9 Å². The third-order valence-corrected chi connectivity index (χ3v) is 5.91. The molecule has 5 nitrogen and oxygen atoms in total. The van der Waals surface area contributed by atoms with E-state index < -0.39 is 15.8 Å². The Bertz CT molecular complexity index is 596. The molecule has 0 bridgehead atoms. The van der Waals surface area contributed by atoms with Gasteiger partial charge in [-0.15, -0.1) is 0 Å². The fourth-order valence-corrected chi connectivity index (χ4v) is 4.35. The van der Waals surface area contributed by atoms with Gasteiger partial charge in [0, 0.05) is 19.4 Å². The Morgan fingerprint density at radius 1 is 1.13 bits per heavy atom. The maximum atomic E-state index is 12.1. The molecule has 2 aliphatic rings. The van der Waals surface area contributed by atoms with Crippen molar-refractivity contribution in [3.8, 4) is 0 Å². The molecule has 1 saturated heterocycles. The van der Waals surface area contributed by atoms with E-state index in [1.807, 2.05) is 30.3 Å². The van der Waals surface area contributed by atoms with Crippen LogP contribution in [0.1, 0.15) is 37.7 Å². The number of rotatable bonds is 6. The molecule has 2 fully saturated rings. The predicted octanol–water partition coefficient (Wildman–Crippen LogP) is 2.22. The molecule has 23 heavy (non-hydrogen) atoms. The lowest BCUT2D eigenvalue weighted by Crippen LogP contribution is -2.38. The lowest BCUT2D eigenvalue weighted by atomic mass is 9.94. The van der Waals surface area contributed by atoms with Gasteiger partial charge < -0.3 is 9.47 Å². The van der Waals surface area contributed by atoms with Crippen LogP contribution in [0.25, 0.3) is 0 Å². The first-order valence-electron chi connectivity index (χ1n) is 8.40. The van der Waals surface area contributed by atoms with Gasteiger partial charge in [0.1, 0.15) is 0 Å². The molecule has 6 heteroatoms. The first kappa shape index (κ1) is 16.9. The SMILES string of the molecule is O=S(=O)(CCc1ccccc1)NC[C@@H]1COC2(CCCCC2)O1. The summed E-state index contributed by atoms with van der Waals surface area (Å²) in [6, 6.07) is 9.65. The van der Waals surface area contributed by atoms with E-state index in [4.69, 9.17) is 9.47 Å². The molecule has 1 aliphatic carbocycles. The lowest BCUT2D eigenvalue weighted by Gasteiger charge is -2.31. The number of benzene rings is 1. The Morgan fingerprint density at radius 3 is 2.61 bits per heavy atom. The molecule has 0 unspecified atom stereocenters. The molecule has 1 N–H and O–H groups in total. The zero-order chi connectivity index (χ0) is 16.2. The Balaban J connectivity index is 1.44. The maximum Gasteiger partial charge on any atom is 0.212 e. The number of ether oxygens (including phenoxy) is 2. The van der Waals surface area contributed by atoms with E-state index in [-0.39, 0.29) is 11.9 Å². The molecule has 1 aliphatic heterocycles. The Hall–Kier alpha value is -0.950. The van der Waals surface area contributed by atoms with Gasteiger partial charge in [0.05, 0.1) is 18.5 Å². The molecule has 1 aromatic rings. The second kappa shape index (κ2) is 7.30. The lowest BCUT2D eigenvalue weighted by molar-refractivity contribution is -0.186.